The highest BCUT2D eigenvalue weighted by atomic mass is 16.6. The van der Waals surface area contributed by atoms with Gasteiger partial charge in [-0.15, -0.1) is 0 Å². The Morgan fingerprint density at radius 1 is 1.10 bits per heavy atom. The van der Waals surface area contributed by atoms with E-state index < -0.39 is 11.6 Å². The van der Waals surface area contributed by atoms with Crippen molar-refractivity contribution in [3.8, 4) is 5.75 Å². The molecule has 0 saturated carbocycles. The van der Waals surface area contributed by atoms with E-state index in [1.54, 1.807) is 4.90 Å². The highest BCUT2D eigenvalue weighted by molar-refractivity contribution is 6.01. The maximum atomic E-state index is 12.1. The van der Waals surface area contributed by atoms with Crippen LogP contribution in [-0.2, 0) is 14.3 Å². The Morgan fingerprint density at radius 2 is 1.76 bits per heavy atom. The Morgan fingerprint density at radius 3 is 2.34 bits per heavy atom. The number of nitrogens with zero attached hydrogens (tertiary/aromatic N) is 1. The fraction of sp³-hybridized carbons (Fsp3) is 0.571. The summed E-state index contributed by atoms with van der Waals surface area (Å²) in [6.45, 7) is 6.79. The third kappa shape index (κ3) is 6.10. The Bertz CT molecular complexity index is 749. The second kappa shape index (κ2) is 8.71. The Labute approximate surface area is 170 Å². The molecule has 0 spiro atoms. The molecule has 29 heavy (non-hydrogen) atoms. The molecule has 2 aliphatic heterocycles. The smallest absolute Gasteiger partial charge is 0.410 e. The van der Waals surface area contributed by atoms with Gasteiger partial charge in [-0.3, -0.25) is 14.9 Å². The molecular formula is C21H29N3O5. The maximum absolute atomic E-state index is 12.1. The quantitative estimate of drug-likeness (QED) is 0.751. The van der Waals surface area contributed by atoms with Gasteiger partial charge in [0.2, 0.25) is 11.8 Å². The molecular weight excluding hydrogens is 374 g/mol. The molecule has 2 N–H and O–H groups in total. The molecule has 2 aliphatic rings. The molecule has 1 unspecified atom stereocenters. The lowest BCUT2D eigenvalue weighted by Crippen LogP contribution is -2.47. The van der Waals surface area contributed by atoms with Gasteiger partial charge in [0.25, 0.3) is 0 Å². The molecule has 1 aromatic carbocycles. The first-order chi connectivity index (χ1) is 13.7. The van der Waals surface area contributed by atoms with Crippen LogP contribution < -0.4 is 15.4 Å². The van der Waals surface area contributed by atoms with Gasteiger partial charge >= 0.3 is 6.09 Å². The van der Waals surface area contributed by atoms with Crippen LogP contribution in [0.4, 0.5) is 10.5 Å². The molecule has 1 aromatic rings. The lowest BCUT2D eigenvalue weighted by molar-refractivity contribution is -0.133. The van der Waals surface area contributed by atoms with E-state index in [4.69, 9.17) is 9.47 Å². The fourth-order valence-electron chi connectivity index (χ4n) is 3.34. The summed E-state index contributed by atoms with van der Waals surface area (Å²) in [5.41, 5.74) is 0.306. The van der Waals surface area contributed by atoms with Crippen molar-refractivity contribution in [3.63, 3.8) is 0 Å². The lowest BCUT2D eigenvalue weighted by Gasteiger charge is -2.33. The van der Waals surface area contributed by atoms with E-state index in [2.05, 4.69) is 10.6 Å². The van der Waals surface area contributed by atoms with E-state index in [1.165, 1.54) is 0 Å². The molecule has 8 nitrogen and oxygen atoms in total. The summed E-state index contributed by atoms with van der Waals surface area (Å²) in [7, 11) is 0. The van der Waals surface area contributed by atoms with Gasteiger partial charge in [-0.1, -0.05) is 0 Å². The normalized spacial score (nSPS) is 20.8. The summed E-state index contributed by atoms with van der Waals surface area (Å²) in [5, 5.41) is 5.48. The topological polar surface area (TPSA) is 97.0 Å². The predicted molar refractivity (Wildman–Crippen MR) is 108 cm³/mol. The monoisotopic (exact) mass is 403 g/mol. The molecule has 0 aliphatic carbocycles. The number of carbonyl (C=O) groups excluding carboxylic acids is 3. The number of imide groups is 1. The Balaban J connectivity index is 1.45. The third-order valence-corrected chi connectivity index (χ3v) is 4.83. The SMILES string of the molecule is CC(C)(C)OC(=O)N1CCC(Oc2ccc(NC3CCC(=O)NC3=O)cc2)CC1. The Hall–Kier alpha value is -2.77. The third-order valence-electron chi connectivity index (χ3n) is 4.83. The number of likely N-dealkylation sites (tertiary alicyclic amines) is 1. The number of nitrogens with one attached hydrogen (secondary N) is 2. The van der Waals surface area contributed by atoms with Crippen LogP contribution >= 0.6 is 0 Å². The molecule has 1 atom stereocenters. The number of anilines is 1. The molecule has 3 rings (SSSR count). The van der Waals surface area contributed by atoms with Crippen molar-refractivity contribution in [2.24, 2.45) is 0 Å². The summed E-state index contributed by atoms with van der Waals surface area (Å²) in [5.74, 6) is 0.224. The first-order valence-electron chi connectivity index (χ1n) is 10.0. The molecule has 2 saturated heterocycles. The van der Waals surface area contributed by atoms with Gasteiger partial charge in [0.1, 0.15) is 23.5 Å². The summed E-state index contributed by atoms with van der Waals surface area (Å²) < 4.78 is 11.4. The number of hydrogen-bond acceptors (Lipinski definition) is 6. The zero-order valence-electron chi connectivity index (χ0n) is 17.2. The number of rotatable bonds is 4. The van der Waals surface area contributed by atoms with Crippen LogP contribution in [0.3, 0.4) is 0 Å². The van der Waals surface area contributed by atoms with E-state index in [-0.39, 0.29) is 24.0 Å². The minimum absolute atomic E-state index is 0.0441. The summed E-state index contributed by atoms with van der Waals surface area (Å²) >= 11 is 0. The zero-order chi connectivity index (χ0) is 21.0. The van der Waals surface area contributed by atoms with Crippen molar-refractivity contribution in [2.45, 2.75) is 64.2 Å². The molecule has 2 heterocycles. The number of piperidine rings is 2. The molecule has 158 valence electrons. The second-order valence-electron chi connectivity index (χ2n) is 8.46. The van der Waals surface area contributed by atoms with Crippen molar-refractivity contribution in [3.05, 3.63) is 24.3 Å². The second-order valence-corrected chi connectivity index (χ2v) is 8.46. The van der Waals surface area contributed by atoms with E-state index in [9.17, 15) is 14.4 Å². The standard InChI is InChI=1S/C21H29N3O5/c1-21(2,3)29-20(27)24-12-10-16(11-13-24)28-15-6-4-14(5-7-15)22-17-8-9-18(25)23-19(17)26/h4-7,16-17,22H,8-13H2,1-3H3,(H,23,25,26). The number of carbonyl (C=O) groups is 3. The van der Waals surface area contributed by atoms with Crippen molar-refractivity contribution in [2.75, 3.05) is 18.4 Å². The van der Waals surface area contributed by atoms with Gasteiger partial charge in [0.15, 0.2) is 0 Å². The van der Waals surface area contributed by atoms with Crippen LogP contribution in [0.2, 0.25) is 0 Å². The van der Waals surface area contributed by atoms with Crippen LogP contribution in [0.15, 0.2) is 24.3 Å². The molecule has 2 fully saturated rings. The summed E-state index contributed by atoms with van der Waals surface area (Å²) in [6, 6.07) is 7.02. The highest BCUT2D eigenvalue weighted by Gasteiger charge is 2.28. The van der Waals surface area contributed by atoms with E-state index >= 15 is 0 Å². The molecule has 0 aromatic heterocycles. The fourth-order valence-corrected chi connectivity index (χ4v) is 3.34. The molecule has 0 bridgehead atoms. The number of amides is 3. The number of benzene rings is 1. The molecule has 0 radical (unpaired) electrons. The predicted octanol–water partition coefficient (Wildman–Crippen LogP) is 2.68. The Kier molecular flexibility index (Phi) is 6.30. The van der Waals surface area contributed by atoms with Crippen LogP contribution in [0.5, 0.6) is 5.75 Å². The van der Waals surface area contributed by atoms with Gasteiger partial charge < -0.3 is 19.7 Å². The van der Waals surface area contributed by atoms with Crippen molar-refractivity contribution < 1.29 is 23.9 Å². The largest absolute Gasteiger partial charge is 0.490 e. The number of ether oxygens (including phenoxy) is 2. The lowest BCUT2D eigenvalue weighted by atomic mass is 10.1. The first-order valence-corrected chi connectivity index (χ1v) is 10.0. The van der Waals surface area contributed by atoms with Crippen LogP contribution in [0.1, 0.15) is 46.5 Å². The van der Waals surface area contributed by atoms with Gasteiger partial charge in [-0.05, 0) is 51.5 Å². The van der Waals surface area contributed by atoms with Crippen LogP contribution in [0.25, 0.3) is 0 Å². The van der Waals surface area contributed by atoms with Crippen molar-refractivity contribution in [1.82, 2.24) is 10.2 Å². The summed E-state index contributed by atoms with van der Waals surface area (Å²) in [6.07, 6.45) is 2.08. The highest BCUT2D eigenvalue weighted by Crippen LogP contribution is 2.23. The molecule has 3 amide bonds. The van der Waals surface area contributed by atoms with E-state index in [1.807, 2.05) is 45.0 Å². The van der Waals surface area contributed by atoms with Gasteiger partial charge in [-0.25, -0.2) is 4.79 Å². The van der Waals surface area contributed by atoms with Crippen molar-refractivity contribution >= 4 is 23.6 Å². The molecule has 8 heteroatoms. The minimum atomic E-state index is -0.492. The zero-order valence-corrected chi connectivity index (χ0v) is 17.2. The average Bonchev–Trinajstić information content (AvgIpc) is 2.65. The van der Waals surface area contributed by atoms with Gasteiger partial charge in [0, 0.05) is 38.0 Å². The number of hydrogen-bond donors (Lipinski definition) is 2. The van der Waals surface area contributed by atoms with Gasteiger partial charge in [0.05, 0.1) is 0 Å². The maximum Gasteiger partial charge on any atom is 0.410 e. The van der Waals surface area contributed by atoms with Gasteiger partial charge in [-0.2, -0.15) is 0 Å². The van der Waals surface area contributed by atoms with Crippen molar-refractivity contribution in [1.29, 1.82) is 0 Å². The van der Waals surface area contributed by atoms with E-state index in [0.29, 0.717) is 25.9 Å². The minimum Gasteiger partial charge on any atom is -0.490 e. The van der Waals surface area contributed by atoms with E-state index in [0.717, 1.165) is 24.3 Å². The average molecular weight is 403 g/mol. The van der Waals surface area contributed by atoms with Crippen LogP contribution in [-0.4, -0.2) is 53.6 Å². The summed E-state index contributed by atoms with van der Waals surface area (Å²) in [4.78, 5) is 36.9. The first kappa shape index (κ1) is 21.0. The van der Waals surface area contributed by atoms with Crippen LogP contribution in [0, 0.1) is 0 Å².